The number of carbonyl (C=O) groups excluding carboxylic acids is 1. The number of nitrogens with zero attached hydrogens (tertiary/aromatic N) is 2. The highest BCUT2D eigenvalue weighted by Crippen LogP contribution is 2.26. The van der Waals surface area contributed by atoms with Crippen molar-refractivity contribution in [1.29, 1.82) is 0 Å². The molecule has 22 heavy (non-hydrogen) atoms. The van der Waals surface area contributed by atoms with Gasteiger partial charge in [0, 0.05) is 17.1 Å². The number of halogens is 1. The first-order chi connectivity index (χ1) is 10.3. The third-order valence-corrected chi connectivity index (χ3v) is 5.00. The zero-order chi connectivity index (χ0) is 16.1. The topological polar surface area (TPSA) is 95.3 Å². The van der Waals surface area contributed by atoms with Gasteiger partial charge in [0.25, 0.3) is 14.6 Å². The maximum Gasteiger partial charge on any atom is 0.329 e. The van der Waals surface area contributed by atoms with Crippen LogP contribution in [0.3, 0.4) is 0 Å². The number of carbonyl (C=O) groups is 1. The molecule has 2 heterocycles. The van der Waals surface area contributed by atoms with E-state index in [0.717, 1.165) is 0 Å². The number of benzene rings is 1. The van der Waals surface area contributed by atoms with Crippen molar-refractivity contribution in [2.75, 3.05) is 7.11 Å². The SMILES string of the molecule is COC(=O)[C@H]1CCc2nc3ccc(S(=O)(=O)Cl)cc3c(=O)n21. The lowest BCUT2D eigenvalue weighted by Gasteiger charge is -2.12. The average molecular weight is 343 g/mol. The first-order valence-electron chi connectivity index (χ1n) is 6.40. The third kappa shape index (κ3) is 2.28. The first-order valence-corrected chi connectivity index (χ1v) is 8.71. The monoisotopic (exact) mass is 342 g/mol. The maximum atomic E-state index is 12.6. The number of esters is 1. The Bertz CT molecular complexity index is 951. The van der Waals surface area contributed by atoms with E-state index in [1.165, 1.54) is 29.9 Å². The molecule has 2 aromatic rings. The fourth-order valence-electron chi connectivity index (χ4n) is 2.63. The Hall–Kier alpha value is -1.93. The van der Waals surface area contributed by atoms with Gasteiger partial charge in [-0.15, -0.1) is 0 Å². The van der Waals surface area contributed by atoms with Gasteiger partial charge in [0.1, 0.15) is 11.9 Å². The van der Waals surface area contributed by atoms with Crippen LogP contribution in [-0.2, 0) is 25.0 Å². The zero-order valence-electron chi connectivity index (χ0n) is 11.4. The molecule has 1 aromatic heterocycles. The molecule has 0 N–H and O–H groups in total. The summed E-state index contributed by atoms with van der Waals surface area (Å²) in [6.07, 6.45) is 0.895. The van der Waals surface area contributed by atoms with Crippen molar-refractivity contribution in [3.05, 3.63) is 34.4 Å². The lowest BCUT2D eigenvalue weighted by molar-refractivity contribution is -0.144. The minimum absolute atomic E-state index is 0.0984. The van der Waals surface area contributed by atoms with Crippen LogP contribution < -0.4 is 5.56 Å². The molecule has 1 aliphatic heterocycles. The summed E-state index contributed by atoms with van der Waals surface area (Å²) in [6.45, 7) is 0. The van der Waals surface area contributed by atoms with E-state index in [9.17, 15) is 18.0 Å². The van der Waals surface area contributed by atoms with Gasteiger partial charge >= 0.3 is 5.97 Å². The second kappa shape index (κ2) is 5.06. The van der Waals surface area contributed by atoms with Crippen molar-refractivity contribution >= 4 is 36.6 Å². The van der Waals surface area contributed by atoms with Crippen LogP contribution in [0.4, 0.5) is 0 Å². The van der Waals surface area contributed by atoms with Crippen molar-refractivity contribution in [2.45, 2.75) is 23.8 Å². The van der Waals surface area contributed by atoms with Gasteiger partial charge in [0.05, 0.1) is 22.9 Å². The zero-order valence-corrected chi connectivity index (χ0v) is 13.0. The van der Waals surface area contributed by atoms with Crippen LogP contribution in [0.5, 0.6) is 0 Å². The van der Waals surface area contributed by atoms with E-state index in [2.05, 4.69) is 4.98 Å². The van der Waals surface area contributed by atoms with E-state index < -0.39 is 26.6 Å². The molecular formula is C13H11ClN2O5S. The average Bonchev–Trinajstić information content (AvgIpc) is 2.89. The molecule has 7 nitrogen and oxygen atoms in total. The Labute approximate surface area is 129 Å². The molecule has 0 bridgehead atoms. The van der Waals surface area contributed by atoms with Gasteiger partial charge in [-0.05, 0) is 24.6 Å². The van der Waals surface area contributed by atoms with Crippen LogP contribution in [0, 0.1) is 0 Å². The third-order valence-electron chi connectivity index (χ3n) is 3.65. The lowest BCUT2D eigenvalue weighted by atomic mass is 10.2. The molecule has 0 spiro atoms. The highest BCUT2D eigenvalue weighted by atomic mass is 35.7. The van der Waals surface area contributed by atoms with Crippen LogP contribution in [0.1, 0.15) is 18.3 Å². The van der Waals surface area contributed by atoms with Crippen LogP contribution >= 0.6 is 10.7 Å². The summed E-state index contributed by atoms with van der Waals surface area (Å²) in [7, 11) is 2.59. The number of hydrogen-bond donors (Lipinski definition) is 0. The lowest BCUT2D eigenvalue weighted by Crippen LogP contribution is -2.29. The molecular weight excluding hydrogens is 332 g/mol. The largest absolute Gasteiger partial charge is 0.467 e. The molecule has 116 valence electrons. The quantitative estimate of drug-likeness (QED) is 0.596. The predicted molar refractivity (Wildman–Crippen MR) is 78.4 cm³/mol. The van der Waals surface area contributed by atoms with Crippen LogP contribution in [0.15, 0.2) is 27.9 Å². The Kier molecular flexibility index (Phi) is 3.45. The normalized spacial score (nSPS) is 17.5. The van der Waals surface area contributed by atoms with Gasteiger partial charge in [-0.25, -0.2) is 18.2 Å². The van der Waals surface area contributed by atoms with E-state index in [1.54, 1.807) is 0 Å². The number of aryl methyl sites for hydroxylation is 1. The van der Waals surface area contributed by atoms with Gasteiger partial charge in [-0.3, -0.25) is 9.36 Å². The van der Waals surface area contributed by atoms with Crippen LogP contribution in [-0.4, -0.2) is 31.0 Å². The Morgan fingerprint density at radius 1 is 1.45 bits per heavy atom. The van der Waals surface area contributed by atoms with Gasteiger partial charge in [-0.2, -0.15) is 0 Å². The van der Waals surface area contributed by atoms with Crippen LogP contribution in [0.25, 0.3) is 10.9 Å². The summed E-state index contributed by atoms with van der Waals surface area (Å²) in [5, 5.41) is 0.0984. The highest BCUT2D eigenvalue weighted by molar-refractivity contribution is 8.13. The number of aromatic nitrogens is 2. The highest BCUT2D eigenvalue weighted by Gasteiger charge is 2.32. The van der Waals surface area contributed by atoms with Crippen molar-refractivity contribution < 1.29 is 17.9 Å². The summed E-state index contributed by atoms with van der Waals surface area (Å²) in [5.74, 6) is -0.0440. The second-order valence-electron chi connectivity index (χ2n) is 4.90. The fraction of sp³-hybridized carbons (Fsp3) is 0.308. The van der Waals surface area contributed by atoms with E-state index >= 15 is 0 Å². The number of fused-ring (bicyclic) bond motifs is 2. The Morgan fingerprint density at radius 2 is 2.18 bits per heavy atom. The second-order valence-corrected chi connectivity index (χ2v) is 7.46. The molecule has 0 aliphatic carbocycles. The molecule has 1 atom stereocenters. The summed E-state index contributed by atoms with van der Waals surface area (Å²) in [4.78, 5) is 28.5. The molecule has 0 amide bonds. The minimum Gasteiger partial charge on any atom is -0.467 e. The number of rotatable bonds is 2. The number of ether oxygens (including phenoxy) is 1. The summed E-state index contributed by atoms with van der Waals surface area (Å²) in [6, 6.07) is 3.16. The maximum absolute atomic E-state index is 12.6. The standard InChI is InChI=1S/C13H11ClN2O5S/c1-21-13(18)10-4-5-11-15-9-3-2-7(22(14,19)20)6-8(9)12(17)16(10)11/h2-3,6,10H,4-5H2,1H3/t10-/m1/s1. The summed E-state index contributed by atoms with van der Waals surface area (Å²) >= 11 is 0. The smallest absolute Gasteiger partial charge is 0.329 e. The Morgan fingerprint density at radius 3 is 2.82 bits per heavy atom. The number of methoxy groups -OCH3 is 1. The van der Waals surface area contributed by atoms with Crippen molar-refractivity contribution in [1.82, 2.24) is 9.55 Å². The molecule has 0 fully saturated rings. The minimum atomic E-state index is -3.95. The predicted octanol–water partition coefficient (Wildman–Crippen LogP) is 0.984. The molecule has 0 saturated heterocycles. The summed E-state index contributed by atoms with van der Waals surface area (Å²) < 4.78 is 28.8. The molecule has 9 heteroatoms. The van der Waals surface area contributed by atoms with E-state index in [1.807, 2.05) is 0 Å². The summed E-state index contributed by atoms with van der Waals surface area (Å²) in [5.41, 5.74) is -0.110. The molecule has 1 aliphatic rings. The molecule has 1 aromatic carbocycles. The van der Waals surface area contributed by atoms with E-state index in [4.69, 9.17) is 15.4 Å². The van der Waals surface area contributed by atoms with E-state index in [0.29, 0.717) is 24.2 Å². The van der Waals surface area contributed by atoms with Gasteiger partial charge < -0.3 is 4.74 Å². The van der Waals surface area contributed by atoms with Crippen molar-refractivity contribution in [3.63, 3.8) is 0 Å². The van der Waals surface area contributed by atoms with E-state index in [-0.39, 0.29) is 10.3 Å². The molecule has 0 unspecified atom stereocenters. The Balaban J connectivity index is 2.29. The van der Waals surface area contributed by atoms with Gasteiger partial charge in [0.2, 0.25) is 0 Å². The first kappa shape index (κ1) is 15.0. The van der Waals surface area contributed by atoms with Gasteiger partial charge in [0.15, 0.2) is 0 Å². The molecule has 0 saturated carbocycles. The number of hydrogen-bond acceptors (Lipinski definition) is 6. The van der Waals surface area contributed by atoms with Crippen LogP contribution in [0.2, 0.25) is 0 Å². The van der Waals surface area contributed by atoms with Crippen molar-refractivity contribution in [2.24, 2.45) is 0 Å². The fourth-order valence-corrected chi connectivity index (χ4v) is 3.40. The molecule has 3 rings (SSSR count). The molecule has 0 radical (unpaired) electrons. The van der Waals surface area contributed by atoms with Gasteiger partial charge in [-0.1, -0.05) is 0 Å². The van der Waals surface area contributed by atoms with Crippen molar-refractivity contribution in [3.8, 4) is 0 Å².